The third-order valence-electron chi connectivity index (χ3n) is 6.81. The van der Waals surface area contributed by atoms with Gasteiger partial charge in [-0.05, 0) is 51.9 Å². The van der Waals surface area contributed by atoms with Gasteiger partial charge in [-0.25, -0.2) is 0 Å². The molecule has 9 heteroatoms. The number of hydrogen-bond acceptors (Lipinski definition) is 2. The Morgan fingerprint density at radius 3 is 2.00 bits per heavy atom. The molecular formula is C18H24F3O2Rf4-. The first-order valence-corrected chi connectivity index (χ1v) is 8.70. The van der Waals surface area contributed by atoms with Crippen molar-refractivity contribution in [2.24, 2.45) is 40.9 Å². The van der Waals surface area contributed by atoms with Crippen LogP contribution in [0, 0.1) is 47.3 Å². The fourth-order valence-corrected chi connectivity index (χ4v) is 6.28. The van der Waals surface area contributed by atoms with E-state index in [4.69, 9.17) is 4.74 Å². The summed E-state index contributed by atoms with van der Waals surface area (Å²) >= 11 is 0. The molecule has 4 fully saturated rings. The number of ether oxygens (including phenoxy) is 1. The van der Waals surface area contributed by atoms with Crippen LogP contribution in [0.1, 0.15) is 46.5 Å². The summed E-state index contributed by atoms with van der Waals surface area (Å²) in [6.45, 7) is 4.89. The monoisotopic (exact) mass is 1400 g/mol. The molecule has 7 unspecified atom stereocenters. The van der Waals surface area contributed by atoms with Crippen molar-refractivity contribution in [1.82, 2.24) is 0 Å². The molecule has 0 amide bonds. The van der Waals surface area contributed by atoms with Crippen molar-refractivity contribution in [3.63, 3.8) is 0 Å². The van der Waals surface area contributed by atoms with Gasteiger partial charge in [0.1, 0.15) is 11.0 Å². The number of carbonyl (C=O) groups excluding carboxylic acids is 1. The van der Waals surface area contributed by atoms with Crippen LogP contribution in [-0.2, 0) is 9.53 Å². The van der Waals surface area contributed by atoms with Gasteiger partial charge in [-0.2, -0.15) is 19.1 Å². The van der Waals surface area contributed by atoms with Gasteiger partial charge in [0, 0.05) is 0 Å². The molecule has 4 bridgehead atoms. The number of fused-ring (bicyclic) bond motifs is 9. The molecule has 4 saturated carbocycles. The van der Waals surface area contributed by atoms with Gasteiger partial charge in [-0.15, -0.1) is 5.92 Å². The molecule has 0 aliphatic heterocycles. The first-order chi connectivity index (χ1) is 10.5. The molecule has 0 aromatic rings. The second-order valence-electron chi connectivity index (χ2n) is 9.05. The minimum absolute atomic E-state index is 0. The van der Waals surface area contributed by atoms with E-state index in [0.717, 1.165) is 19.3 Å². The summed E-state index contributed by atoms with van der Waals surface area (Å²) in [7, 11) is 0. The maximum Gasteiger partial charge on any atom is 0.402 e. The van der Waals surface area contributed by atoms with Gasteiger partial charge in [0.05, 0.1) is 0 Å². The van der Waals surface area contributed by atoms with Crippen molar-refractivity contribution >= 4 is 5.97 Å². The molecule has 4 aliphatic carbocycles. The van der Waals surface area contributed by atoms with E-state index in [1.807, 2.05) is 6.42 Å². The standard InChI is InChI=1S/C18H24F3O2.4Rf/c1-16(2,3)23-15(22)17(18(19,20)21)8-11-7-12(17)14-10-5-4-9(6-10)13(11)14;;;;/h7,9-14H,4-6,8H2,1-3H3;;;;/q-1;;;;. The first-order valence-electron chi connectivity index (χ1n) is 8.70. The molecule has 27 heavy (non-hydrogen) atoms. The largest absolute Gasteiger partial charge is 0.459 e. The van der Waals surface area contributed by atoms with Gasteiger partial charge < -0.3 is 11.2 Å². The fourth-order valence-electron chi connectivity index (χ4n) is 6.28. The molecule has 7 atom stereocenters. The van der Waals surface area contributed by atoms with E-state index in [-0.39, 0.29) is 18.3 Å². The predicted octanol–water partition coefficient (Wildman–Crippen LogP) is 4.39. The Balaban J connectivity index is 0.00000169. The van der Waals surface area contributed by atoms with E-state index in [1.54, 1.807) is 20.8 Å². The molecule has 4 rings (SSSR count). The van der Waals surface area contributed by atoms with Crippen molar-refractivity contribution in [1.29, 1.82) is 0 Å². The minimum Gasteiger partial charge on any atom is -0.459 e. The fraction of sp³-hybridized carbons (Fsp3) is 0.889. The van der Waals surface area contributed by atoms with Crippen molar-refractivity contribution in [3.05, 3.63) is 6.42 Å². The summed E-state index contributed by atoms with van der Waals surface area (Å²) in [6, 6.07) is 0. The number of rotatable bonds is 1. The van der Waals surface area contributed by atoms with Gasteiger partial charge in [0.15, 0.2) is 0 Å². The topological polar surface area (TPSA) is 26.3 Å². The second kappa shape index (κ2) is 5.38. The SMILES string of the molecule is CC(C)(C)OC(=O)C1(C(F)(F)F)CC2[CH-]C1C1C3CCC(C3)C21.[Rf].[Rf].[Rf].[Rf]. The third kappa shape index (κ3) is 2.25. The Morgan fingerprint density at radius 2 is 1.52 bits per heavy atom. The van der Waals surface area contributed by atoms with Crippen LogP contribution >= 0.6 is 0 Å². The molecule has 0 aromatic heterocycles. The first kappa shape index (κ1) is 22.3. The Labute approximate surface area is 135 Å². The van der Waals surface area contributed by atoms with Crippen LogP contribution in [0.2, 0.25) is 0 Å². The van der Waals surface area contributed by atoms with Crippen molar-refractivity contribution < 1.29 is 22.7 Å². The van der Waals surface area contributed by atoms with E-state index in [1.165, 1.54) is 0 Å². The van der Waals surface area contributed by atoms with E-state index in [9.17, 15) is 18.0 Å². The zero-order chi connectivity index (χ0) is 16.8. The second-order valence-corrected chi connectivity index (χ2v) is 9.05. The normalized spacial score (nSPS) is 40.8. The zero-order valence-electron chi connectivity index (χ0n) is 16.6. The molecule has 4 aliphatic rings. The van der Waals surface area contributed by atoms with E-state index < -0.39 is 29.1 Å². The van der Waals surface area contributed by atoms with Crippen LogP contribution in [0.5, 0.6) is 0 Å². The van der Waals surface area contributed by atoms with Gasteiger partial charge >= 0.3 is 12.1 Å². The quantitative estimate of drug-likeness (QED) is 0.222. The number of esters is 1. The van der Waals surface area contributed by atoms with Crippen LogP contribution in [0.25, 0.3) is 0 Å². The number of hydrogen-bond donors (Lipinski definition) is 0. The molecule has 0 radical (unpaired) electrons. The van der Waals surface area contributed by atoms with Crippen LogP contribution in [0.3, 0.4) is 0 Å². The average molecular weight is 1400 g/mol. The molecule has 0 heterocycles. The molecule has 2 nitrogen and oxygen atoms in total. The Hall–Kier alpha value is -4.74. The van der Waals surface area contributed by atoms with Gasteiger partial charge in [0.25, 0.3) is 0 Å². The van der Waals surface area contributed by atoms with Crippen molar-refractivity contribution in [2.45, 2.75) is 58.2 Å². The summed E-state index contributed by atoms with van der Waals surface area (Å²) < 4.78 is 47.5. The Bertz CT molecular complexity index is 552. The average Bonchev–Trinajstić information content (AvgIpc) is 3.13. The summed E-state index contributed by atoms with van der Waals surface area (Å²) in [5.74, 6) is -0.403. The maximum atomic E-state index is 14.1. The summed E-state index contributed by atoms with van der Waals surface area (Å²) in [4.78, 5) is 12.7. The number of halogens is 3. The molecule has 138 valence electrons. The van der Waals surface area contributed by atoms with Crippen molar-refractivity contribution in [2.75, 3.05) is 0 Å². The maximum absolute atomic E-state index is 14.1. The van der Waals surface area contributed by atoms with Gasteiger partial charge in [0.2, 0.25) is 0 Å². The predicted molar refractivity (Wildman–Crippen MR) is 78.0 cm³/mol. The van der Waals surface area contributed by atoms with Gasteiger partial charge in [-0.1, -0.05) is 18.3 Å². The zero-order valence-corrected chi connectivity index (χ0v) is 42.2. The molecule has 0 saturated heterocycles. The van der Waals surface area contributed by atoms with Crippen LogP contribution in [0.4, 0.5) is 13.2 Å². The summed E-state index contributed by atoms with van der Waals surface area (Å²) in [5.41, 5.74) is -3.21. The van der Waals surface area contributed by atoms with E-state index in [2.05, 4.69) is 0 Å². The smallest absolute Gasteiger partial charge is 0.402 e. The Kier molecular flexibility index (Phi) is 4.44. The molecule has 0 N–H and O–H groups in total. The summed E-state index contributed by atoms with van der Waals surface area (Å²) in [6.07, 6.45) is 0.494. The number of carbonyl (C=O) groups is 1. The molecule has 0 aromatic carbocycles. The summed E-state index contributed by atoms with van der Waals surface area (Å²) in [5, 5.41) is 0. The number of alkyl halides is 3. The van der Waals surface area contributed by atoms with E-state index in [0.29, 0.717) is 17.8 Å². The van der Waals surface area contributed by atoms with E-state index >= 15 is 0 Å². The van der Waals surface area contributed by atoms with Crippen molar-refractivity contribution in [3.8, 4) is 0 Å². The van der Waals surface area contributed by atoms with Crippen LogP contribution in [-0.4, -0.2) is 17.7 Å². The van der Waals surface area contributed by atoms with Crippen LogP contribution in [0.15, 0.2) is 0 Å². The van der Waals surface area contributed by atoms with Crippen LogP contribution < -0.4 is 0 Å². The third-order valence-corrected chi connectivity index (χ3v) is 6.81. The van der Waals surface area contributed by atoms with Gasteiger partial charge in [-0.3, -0.25) is 4.79 Å². The minimum atomic E-state index is -4.54. The molecule has 0 spiro atoms. The Morgan fingerprint density at radius 1 is 1.00 bits per heavy atom. The molecular weight excluding hydrogens is 1370 g/mol.